The van der Waals surface area contributed by atoms with Crippen molar-refractivity contribution in [2.45, 2.75) is 0 Å². The van der Waals surface area contributed by atoms with Crippen molar-refractivity contribution in [3.8, 4) is 22.3 Å². The number of rotatable bonds is 5. The van der Waals surface area contributed by atoms with Gasteiger partial charge in [-0.2, -0.15) is 0 Å². The van der Waals surface area contributed by atoms with Crippen molar-refractivity contribution in [2.24, 2.45) is 0 Å². The number of hydrogen-bond acceptors (Lipinski definition) is 0. The summed E-state index contributed by atoms with van der Waals surface area (Å²) in [5.41, 5.74) is 9.74. The van der Waals surface area contributed by atoms with Crippen molar-refractivity contribution >= 4 is 11.6 Å². The van der Waals surface area contributed by atoms with E-state index in [4.69, 9.17) is 0 Å². The molecule has 0 N–H and O–H groups in total. The molecule has 0 unspecified atom stereocenters. The Labute approximate surface area is 190 Å². The zero-order valence-electron chi connectivity index (χ0n) is 17.9. The summed E-state index contributed by atoms with van der Waals surface area (Å²) in [5, 5.41) is 0. The van der Waals surface area contributed by atoms with Crippen molar-refractivity contribution < 1.29 is 0 Å². The molecule has 0 aliphatic rings. The number of hydrogen-bond donors (Lipinski definition) is 0. The average Bonchev–Trinajstić information content (AvgIpc) is 2.89. The fourth-order valence-corrected chi connectivity index (χ4v) is 4.10. The van der Waals surface area contributed by atoms with Gasteiger partial charge in [-0.25, -0.2) is 0 Å². The molecule has 152 valence electrons. The quantitative estimate of drug-likeness (QED) is 0.255. The molecule has 0 saturated heterocycles. The van der Waals surface area contributed by atoms with Crippen LogP contribution in [0.3, 0.4) is 0 Å². The summed E-state index contributed by atoms with van der Waals surface area (Å²) in [6.45, 7) is 0. The van der Waals surface area contributed by atoms with Crippen molar-refractivity contribution in [2.75, 3.05) is 0 Å². The molecular weight excluding hydrogens is 384 g/mol. The van der Waals surface area contributed by atoms with E-state index in [2.05, 4.69) is 146 Å². The summed E-state index contributed by atoms with van der Waals surface area (Å²) >= 11 is 0. The molecule has 0 bridgehead atoms. The Morgan fingerprint density at radius 1 is 0.438 bits per heavy atom. The Balaban J connectivity index is 1.78. The van der Waals surface area contributed by atoms with E-state index in [0.29, 0.717) is 0 Å². The lowest BCUT2D eigenvalue weighted by Crippen LogP contribution is -1.94. The second-order valence-electron chi connectivity index (χ2n) is 7.83. The Bertz CT molecular complexity index is 1320. The van der Waals surface area contributed by atoms with Gasteiger partial charge in [0.1, 0.15) is 0 Å². The van der Waals surface area contributed by atoms with Crippen LogP contribution in [0.2, 0.25) is 0 Å². The van der Waals surface area contributed by atoms with Gasteiger partial charge in [0.15, 0.2) is 0 Å². The van der Waals surface area contributed by atoms with E-state index in [-0.39, 0.29) is 0 Å². The largest absolute Gasteiger partial charge is 0.0622 e. The van der Waals surface area contributed by atoms with Crippen molar-refractivity contribution in [3.05, 3.63) is 156 Å². The smallest absolute Gasteiger partial charge is 0.00930 e. The molecule has 0 spiro atoms. The molecule has 0 fully saturated rings. The summed E-state index contributed by atoms with van der Waals surface area (Å²) < 4.78 is 0. The molecule has 0 heterocycles. The van der Waals surface area contributed by atoms with Crippen LogP contribution in [-0.2, 0) is 0 Å². The van der Waals surface area contributed by atoms with Crippen molar-refractivity contribution in [1.82, 2.24) is 0 Å². The highest BCUT2D eigenvalue weighted by molar-refractivity contribution is 5.97. The standard InChI is InChI=1S/C32H24/c1-5-13-25(14-6-1)23-31(28-19-11-4-12-20-28)32-24-29(26-15-7-2-8-16-26)21-22-30(32)27-17-9-3-10-18-27/h1-24H/b31-23-. The third-order valence-electron chi connectivity index (χ3n) is 5.70. The van der Waals surface area contributed by atoms with Crippen LogP contribution in [0.15, 0.2) is 140 Å². The first-order chi connectivity index (χ1) is 15.9. The van der Waals surface area contributed by atoms with Gasteiger partial charge in [0.25, 0.3) is 0 Å². The maximum Gasteiger partial charge on any atom is -0.00930 e. The van der Waals surface area contributed by atoms with E-state index < -0.39 is 0 Å². The maximum atomic E-state index is 2.33. The van der Waals surface area contributed by atoms with Gasteiger partial charge in [-0.15, -0.1) is 0 Å². The van der Waals surface area contributed by atoms with Gasteiger partial charge >= 0.3 is 0 Å². The van der Waals surface area contributed by atoms with Gasteiger partial charge in [0, 0.05) is 0 Å². The molecule has 5 aromatic rings. The molecule has 0 radical (unpaired) electrons. The van der Waals surface area contributed by atoms with E-state index >= 15 is 0 Å². The molecule has 0 aliphatic heterocycles. The van der Waals surface area contributed by atoms with Gasteiger partial charge in [-0.05, 0) is 56.7 Å². The highest BCUT2D eigenvalue weighted by Crippen LogP contribution is 2.37. The lowest BCUT2D eigenvalue weighted by Gasteiger charge is -2.17. The first-order valence-corrected chi connectivity index (χ1v) is 11.0. The van der Waals surface area contributed by atoms with E-state index in [1.165, 1.54) is 44.5 Å². The normalized spacial score (nSPS) is 11.3. The van der Waals surface area contributed by atoms with Crippen molar-refractivity contribution in [3.63, 3.8) is 0 Å². The summed E-state index contributed by atoms with van der Waals surface area (Å²) in [6.07, 6.45) is 2.30. The Morgan fingerprint density at radius 3 is 1.59 bits per heavy atom. The summed E-state index contributed by atoms with van der Waals surface area (Å²) in [5.74, 6) is 0. The lowest BCUT2D eigenvalue weighted by atomic mass is 9.87. The lowest BCUT2D eigenvalue weighted by molar-refractivity contribution is 1.52. The van der Waals surface area contributed by atoms with Gasteiger partial charge in [-0.1, -0.05) is 133 Å². The van der Waals surface area contributed by atoms with Crippen LogP contribution in [-0.4, -0.2) is 0 Å². The van der Waals surface area contributed by atoms with E-state index in [1.807, 2.05) is 0 Å². The van der Waals surface area contributed by atoms with Crippen LogP contribution in [0.1, 0.15) is 16.7 Å². The second kappa shape index (κ2) is 9.32. The molecule has 0 aromatic heterocycles. The number of benzene rings is 5. The van der Waals surface area contributed by atoms with Crippen LogP contribution in [0.25, 0.3) is 33.9 Å². The predicted octanol–water partition coefficient (Wildman–Crippen LogP) is 8.61. The van der Waals surface area contributed by atoms with Crippen LogP contribution in [0.5, 0.6) is 0 Å². The van der Waals surface area contributed by atoms with E-state index in [0.717, 1.165) is 0 Å². The van der Waals surface area contributed by atoms with E-state index in [9.17, 15) is 0 Å². The summed E-state index contributed by atoms with van der Waals surface area (Å²) in [4.78, 5) is 0. The fraction of sp³-hybridized carbons (Fsp3) is 0. The molecule has 0 saturated carbocycles. The molecule has 0 nitrogen and oxygen atoms in total. The fourth-order valence-electron chi connectivity index (χ4n) is 4.10. The molecule has 0 heteroatoms. The molecule has 0 aliphatic carbocycles. The minimum atomic E-state index is 1.19. The van der Waals surface area contributed by atoms with Crippen LogP contribution >= 0.6 is 0 Å². The Hall–Kier alpha value is -4.16. The third kappa shape index (κ3) is 4.31. The Kier molecular flexibility index (Phi) is 5.76. The van der Waals surface area contributed by atoms with Gasteiger partial charge in [0.2, 0.25) is 0 Å². The van der Waals surface area contributed by atoms with Crippen LogP contribution < -0.4 is 0 Å². The summed E-state index contributed by atoms with van der Waals surface area (Å²) in [6, 6.07) is 49.3. The second-order valence-corrected chi connectivity index (χ2v) is 7.83. The molecule has 0 atom stereocenters. The van der Waals surface area contributed by atoms with Gasteiger partial charge < -0.3 is 0 Å². The molecule has 5 rings (SSSR count). The molecular formula is C32H24. The van der Waals surface area contributed by atoms with Crippen LogP contribution in [0, 0.1) is 0 Å². The molecule has 32 heavy (non-hydrogen) atoms. The average molecular weight is 409 g/mol. The highest BCUT2D eigenvalue weighted by atomic mass is 14.2. The zero-order valence-corrected chi connectivity index (χ0v) is 17.9. The third-order valence-corrected chi connectivity index (χ3v) is 5.70. The topological polar surface area (TPSA) is 0 Å². The zero-order chi connectivity index (χ0) is 21.6. The molecule has 0 amide bonds. The first-order valence-electron chi connectivity index (χ1n) is 11.0. The van der Waals surface area contributed by atoms with E-state index in [1.54, 1.807) is 0 Å². The summed E-state index contributed by atoms with van der Waals surface area (Å²) in [7, 11) is 0. The first kappa shape index (κ1) is 19.8. The molecule has 5 aromatic carbocycles. The van der Waals surface area contributed by atoms with Gasteiger partial charge in [0.05, 0.1) is 0 Å². The predicted molar refractivity (Wildman–Crippen MR) is 137 cm³/mol. The van der Waals surface area contributed by atoms with Gasteiger partial charge in [-0.3, -0.25) is 0 Å². The minimum Gasteiger partial charge on any atom is -0.0622 e. The monoisotopic (exact) mass is 408 g/mol. The Morgan fingerprint density at radius 2 is 0.969 bits per heavy atom. The minimum absolute atomic E-state index is 1.19. The van der Waals surface area contributed by atoms with Crippen molar-refractivity contribution in [1.29, 1.82) is 0 Å². The highest BCUT2D eigenvalue weighted by Gasteiger charge is 2.14. The van der Waals surface area contributed by atoms with Crippen LogP contribution in [0.4, 0.5) is 0 Å². The maximum absolute atomic E-state index is 2.33. The SMILES string of the molecule is C(=C(\c1ccccc1)c1cc(-c2ccccc2)ccc1-c1ccccc1)/c1ccccc1.